The Morgan fingerprint density at radius 1 is 1.37 bits per heavy atom. The molecule has 1 aliphatic heterocycles. The maximum Gasteiger partial charge on any atom is 0.191 e. The quantitative estimate of drug-likeness (QED) is 0.600. The number of guanidine groups is 1. The fourth-order valence-electron chi connectivity index (χ4n) is 3.49. The average molecular weight is 376 g/mol. The van der Waals surface area contributed by atoms with Gasteiger partial charge in [0.2, 0.25) is 0 Å². The summed E-state index contributed by atoms with van der Waals surface area (Å²) in [5.74, 6) is 1.31. The molecule has 0 amide bonds. The van der Waals surface area contributed by atoms with E-state index in [1.165, 1.54) is 12.1 Å². The van der Waals surface area contributed by atoms with Gasteiger partial charge < -0.3 is 24.7 Å². The number of hydrogen-bond donors (Lipinski definition) is 2. The standard InChI is InChI=1S/C20H29FN4O2/c1-14-17-12-15(21)4-5-18(17)27-19(14)13-23-20(22-2)24-16-6-8-25(9-7-16)10-11-26-3/h4-5,12,16H,6-11,13H2,1-3H3,(H2,22,23,24). The topological polar surface area (TPSA) is 62.0 Å². The van der Waals surface area contributed by atoms with Gasteiger partial charge in [-0.1, -0.05) is 0 Å². The summed E-state index contributed by atoms with van der Waals surface area (Å²) >= 11 is 0. The number of fused-ring (bicyclic) bond motifs is 1. The third kappa shape index (κ3) is 4.99. The Morgan fingerprint density at radius 3 is 2.85 bits per heavy atom. The van der Waals surface area contributed by atoms with Crippen LogP contribution in [0.15, 0.2) is 27.6 Å². The highest BCUT2D eigenvalue weighted by Gasteiger charge is 2.20. The minimum Gasteiger partial charge on any atom is -0.459 e. The van der Waals surface area contributed by atoms with Crippen molar-refractivity contribution in [2.24, 2.45) is 4.99 Å². The van der Waals surface area contributed by atoms with Crippen molar-refractivity contribution in [3.8, 4) is 0 Å². The number of halogens is 1. The lowest BCUT2D eigenvalue weighted by Crippen LogP contribution is -2.48. The van der Waals surface area contributed by atoms with Crippen molar-refractivity contribution in [3.63, 3.8) is 0 Å². The summed E-state index contributed by atoms with van der Waals surface area (Å²) in [5.41, 5.74) is 1.66. The van der Waals surface area contributed by atoms with E-state index in [4.69, 9.17) is 9.15 Å². The van der Waals surface area contributed by atoms with Crippen molar-refractivity contribution in [2.45, 2.75) is 32.4 Å². The fourth-order valence-corrected chi connectivity index (χ4v) is 3.49. The van der Waals surface area contributed by atoms with E-state index in [-0.39, 0.29) is 5.82 Å². The monoisotopic (exact) mass is 376 g/mol. The van der Waals surface area contributed by atoms with Crippen molar-refractivity contribution in [1.82, 2.24) is 15.5 Å². The van der Waals surface area contributed by atoms with Crippen molar-refractivity contribution >= 4 is 16.9 Å². The number of methoxy groups -OCH3 is 1. The molecule has 0 radical (unpaired) electrons. The van der Waals surface area contributed by atoms with Crippen molar-refractivity contribution < 1.29 is 13.5 Å². The molecule has 2 aromatic rings. The molecular formula is C20H29FN4O2. The Kier molecular flexibility index (Phi) is 6.68. The molecule has 148 valence electrons. The maximum absolute atomic E-state index is 13.5. The van der Waals surface area contributed by atoms with Gasteiger partial charge in [0, 0.05) is 50.8 Å². The third-order valence-corrected chi connectivity index (χ3v) is 5.18. The Balaban J connectivity index is 1.52. The zero-order valence-corrected chi connectivity index (χ0v) is 16.3. The van der Waals surface area contributed by atoms with E-state index in [1.807, 2.05) is 6.92 Å². The molecule has 1 fully saturated rings. The highest BCUT2D eigenvalue weighted by atomic mass is 19.1. The van der Waals surface area contributed by atoms with E-state index >= 15 is 0 Å². The molecule has 1 aromatic carbocycles. The lowest BCUT2D eigenvalue weighted by molar-refractivity contribution is 0.128. The van der Waals surface area contributed by atoms with Crippen LogP contribution < -0.4 is 10.6 Å². The summed E-state index contributed by atoms with van der Waals surface area (Å²) in [6.45, 7) is 6.35. The van der Waals surface area contributed by atoms with Gasteiger partial charge in [0.1, 0.15) is 17.2 Å². The number of aliphatic imine (C=N–C) groups is 1. The lowest BCUT2D eigenvalue weighted by atomic mass is 10.1. The van der Waals surface area contributed by atoms with E-state index < -0.39 is 0 Å². The maximum atomic E-state index is 13.5. The smallest absolute Gasteiger partial charge is 0.191 e. The van der Waals surface area contributed by atoms with Gasteiger partial charge in [-0.15, -0.1) is 0 Å². The molecule has 3 rings (SSSR count). The van der Waals surface area contributed by atoms with Crippen molar-refractivity contribution in [3.05, 3.63) is 35.3 Å². The number of aryl methyl sites for hydroxylation is 1. The normalized spacial score (nSPS) is 16.8. The van der Waals surface area contributed by atoms with Crippen molar-refractivity contribution in [2.75, 3.05) is 40.4 Å². The summed E-state index contributed by atoms with van der Waals surface area (Å²) in [6.07, 6.45) is 2.15. The Bertz CT molecular complexity index is 782. The van der Waals surface area contributed by atoms with Crippen LogP contribution in [0.2, 0.25) is 0 Å². The van der Waals surface area contributed by atoms with Gasteiger partial charge in [-0.2, -0.15) is 0 Å². The van der Waals surface area contributed by atoms with Crippen LogP contribution in [0.4, 0.5) is 4.39 Å². The van der Waals surface area contributed by atoms with Crippen LogP contribution in [-0.4, -0.2) is 57.3 Å². The summed E-state index contributed by atoms with van der Waals surface area (Å²) in [6, 6.07) is 5.01. The van der Waals surface area contributed by atoms with E-state index in [0.29, 0.717) is 18.2 Å². The molecule has 1 aliphatic rings. The van der Waals surface area contributed by atoms with Crippen molar-refractivity contribution in [1.29, 1.82) is 0 Å². The number of likely N-dealkylation sites (tertiary alicyclic amines) is 1. The first-order valence-corrected chi connectivity index (χ1v) is 9.46. The molecule has 1 saturated heterocycles. The summed E-state index contributed by atoms with van der Waals surface area (Å²) < 4.78 is 24.5. The molecule has 0 saturated carbocycles. The lowest BCUT2D eigenvalue weighted by Gasteiger charge is -2.32. The highest BCUT2D eigenvalue weighted by Crippen LogP contribution is 2.25. The Labute approximate surface area is 159 Å². The second-order valence-corrected chi connectivity index (χ2v) is 6.97. The van der Waals surface area contributed by atoms with Gasteiger partial charge in [-0.3, -0.25) is 4.99 Å². The van der Waals surface area contributed by atoms with Crippen LogP contribution in [0.25, 0.3) is 11.0 Å². The predicted molar refractivity (Wildman–Crippen MR) is 106 cm³/mol. The molecule has 27 heavy (non-hydrogen) atoms. The van der Waals surface area contributed by atoms with E-state index in [1.54, 1.807) is 20.2 Å². The van der Waals surface area contributed by atoms with E-state index in [0.717, 1.165) is 61.8 Å². The van der Waals surface area contributed by atoms with Gasteiger partial charge in [0.15, 0.2) is 5.96 Å². The summed E-state index contributed by atoms with van der Waals surface area (Å²) in [5, 5.41) is 7.62. The van der Waals surface area contributed by atoms with Gasteiger partial charge in [-0.25, -0.2) is 4.39 Å². The number of ether oxygens (including phenoxy) is 1. The van der Waals surface area contributed by atoms with Gasteiger partial charge >= 0.3 is 0 Å². The van der Waals surface area contributed by atoms with Crippen LogP contribution in [-0.2, 0) is 11.3 Å². The Morgan fingerprint density at radius 2 is 2.15 bits per heavy atom. The molecular weight excluding hydrogens is 347 g/mol. The second kappa shape index (κ2) is 9.19. The number of benzene rings is 1. The number of piperidine rings is 1. The number of hydrogen-bond acceptors (Lipinski definition) is 4. The molecule has 0 atom stereocenters. The predicted octanol–water partition coefficient (Wildman–Crippen LogP) is 2.66. The fraction of sp³-hybridized carbons (Fsp3) is 0.550. The molecule has 2 heterocycles. The van der Waals surface area contributed by atoms with Gasteiger partial charge in [0.05, 0.1) is 13.2 Å². The summed E-state index contributed by atoms with van der Waals surface area (Å²) in [7, 11) is 3.51. The molecule has 0 aliphatic carbocycles. The zero-order chi connectivity index (χ0) is 19.2. The Hall–Kier alpha value is -2.12. The van der Waals surface area contributed by atoms with Gasteiger partial charge in [-0.05, 0) is 38.0 Å². The number of furan rings is 1. The first kappa shape index (κ1) is 19.6. The second-order valence-electron chi connectivity index (χ2n) is 6.97. The molecule has 7 heteroatoms. The van der Waals surface area contributed by atoms with Crippen LogP contribution >= 0.6 is 0 Å². The minimum absolute atomic E-state index is 0.250. The van der Waals surface area contributed by atoms with E-state index in [9.17, 15) is 4.39 Å². The largest absolute Gasteiger partial charge is 0.459 e. The number of rotatable bonds is 6. The summed E-state index contributed by atoms with van der Waals surface area (Å²) in [4.78, 5) is 6.75. The van der Waals surface area contributed by atoms with E-state index in [2.05, 4.69) is 20.5 Å². The van der Waals surface area contributed by atoms with Crippen LogP contribution in [0.3, 0.4) is 0 Å². The van der Waals surface area contributed by atoms with Crippen LogP contribution in [0.1, 0.15) is 24.2 Å². The van der Waals surface area contributed by atoms with Crippen LogP contribution in [0, 0.1) is 12.7 Å². The molecule has 6 nitrogen and oxygen atoms in total. The third-order valence-electron chi connectivity index (χ3n) is 5.18. The molecule has 0 spiro atoms. The first-order chi connectivity index (χ1) is 13.1. The number of nitrogens with zero attached hydrogens (tertiary/aromatic N) is 2. The number of nitrogens with one attached hydrogen (secondary N) is 2. The van der Waals surface area contributed by atoms with Crippen LogP contribution in [0.5, 0.6) is 0 Å². The first-order valence-electron chi connectivity index (χ1n) is 9.46. The minimum atomic E-state index is -0.250. The molecule has 0 bridgehead atoms. The van der Waals surface area contributed by atoms with Gasteiger partial charge in [0.25, 0.3) is 0 Å². The SMILES string of the molecule is CN=C(NCc1oc2ccc(F)cc2c1C)NC1CCN(CCOC)CC1. The average Bonchev–Trinajstić information content (AvgIpc) is 2.99. The zero-order valence-electron chi connectivity index (χ0n) is 16.3. The molecule has 1 aromatic heterocycles. The molecule has 2 N–H and O–H groups in total. The highest BCUT2D eigenvalue weighted by molar-refractivity contribution is 5.83. The molecule has 0 unspecified atom stereocenters.